The number of aliphatic hydroxyl groups excluding tert-OH is 2. The van der Waals surface area contributed by atoms with E-state index in [0.717, 1.165) is 16.7 Å². The lowest BCUT2D eigenvalue weighted by atomic mass is 9.98. The molecule has 0 saturated carbocycles. The molecule has 1 fully saturated rings. The monoisotopic (exact) mass is 450 g/mol. The van der Waals surface area contributed by atoms with E-state index in [4.69, 9.17) is 18.9 Å². The van der Waals surface area contributed by atoms with Crippen molar-refractivity contribution in [3.63, 3.8) is 0 Å². The van der Waals surface area contributed by atoms with Crippen LogP contribution in [-0.2, 0) is 38.8 Å². The van der Waals surface area contributed by atoms with Gasteiger partial charge in [0.1, 0.15) is 24.4 Å². The molecule has 0 spiro atoms. The summed E-state index contributed by atoms with van der Waals surface area (Å²) in [4.78, 5) is 0. The molecule has 1 saturated heterocycles. The lowest BCUT2D eigenvalue weighted by molar-refractivity contribution is -0.307. The Kier molecular flexibility index (Phi) is 8.60. The van der Waals surface area contributed by atoms with Crippen LogP contribution in [-0.4, -0.2) is 47.5 Å². The van der Waals surface area contributed by atoms with Gasteiger partial charge in [0.25, 0.3) is 0 Å². The first-order chi connectivity index (χ1) is 16.2. The Labute approximate surface area is 194 Å². The molecule has 3 aromatic carbocycles. The molecule has 174 valence electrons. The van der Waals surface area contributed by atoms with Crippen LogP contribution >= 0.6 is 0 Å². The van der Waals surface area contributed by atoms with Crippen molar-refractivity contribution in [2.24, 2.45) is 0 Å². The summed E-state index contributed by atoms with van der Waals surface area (Å²) in [6.45, 7) is 1.18. The maximum atomic E-state index is 10.7. The van der Waals surface area contributed by atoms with Crippen LogP contribution in [0.3, 0.4) is 0 Å². The Morgan fingerprint density at radius 1 is 0.606 bits per heavy atom. The number of rotatable bonds is 10. The summed E-state index contributed by atoms with van der Waals surface area (Å²) in [5.74, 6) is 0. The van der Waals surface area contributed by atoms with Gasteiger partial charge in [-0.3, -0.25) is 0 Å². The van der Waals surface area contributed by atoms with Crippen molar-refractivity contribution in [1.29, 1.82) is 0 Å². The molecule has 6 nitrogen and oxygen atoms in total. The van der Waals surface area contributed by atoms with E-state index in [0.29, 0.717) is 13.2 Å². The molecule has 0 aromatic heterocycles. The van der Waals surface area contributed by atoms with Crippen molar-refractivity contribution in [2.75, 3.05) is 6.61 Å². The van der Waals surface area contributed by atoms with Gasteiger partial charge in [0.05, 0.1) is 26.4 Å². The normalized spacial score (nSPS) is 25.1. The van der Waals surface area contributed by atoms with Gasteiger partial charge in [-0.25, -0.2) is 0 Å². The third-order valence-electron chi connectivity index (χ3n) is 5.60. The van der Waals surface area contributed by atoms with Gasteiger partial charge in [0.2, 0.25) is 0 Å². The summed E-state index contributed by atoms with van der Waals surface area (Å²) in [5.41, 5.74) is 2.99. The molecule has 1 aliphatic rings. The molecular formula is C27H30O6. The third kappa shape index (κ3) is 6.71. The van der Waals surface area contributed by atoms with Crippen LogP contribution in [0.4, 0.5) is 0 Å². The second-order valence-corrected chi connectivity index (χ2v) is 8.08. The van der Waals surface area contributed by atoms with E-state index < -0.39 is 30.7 Å². The van der Waals surface area contributed by atoms with Gasteiger partial charge in [-0.05, 0) is 16.7 Å². The summed E-state index contributed by atoms with van der Waals surface area (Å²) in [6, 6.07) is 29.3. The van der Waals surface area contributed by atoms with Gasteiger partial charge in [-0.2, -0.15) is 0 Å². The number of hydrogen-bond acceptors (Lipinski definition) is 6. The fourth-order valence-corrected chi connectivity index (χ4v) is 3.84. The zero-order valence-electron chi connectivity index (χ0n) is 18.4. The zero-order valence-corrected chi connectivity index (χ0v) is 18.4. The van der Waals surface area contributed by atoms with E-state index in [1.807, 2.05) is 91.0 Å². The minimum Gasteiger partial charge on any atom is -0.385 e. The third-order valence-corrected chi connectivity index (χ3v) is 5.60. The summed E-state index contributed by atoms with van der Waals surface area (Å²) in [7, 11) is 0. The molecule has 0 radical (unpaired) electrons. The highest BCUT2D eigenvalue weighted by Gasteiger charge is 2.46. The van der Waals surface area contributed by atoms with Crippen molar-refractivity contribution >= 4 is 0 Å². The highest BCUT2D eigenvalue weighted by Crippen LogP contribution is 2.27. The largest absolute Gasteiger partial charge is 0.385 e. The van der Waals surface area contributed by atoms with E-state index in [-0.39, 0.29) is 13.2 Å². The first-order valence-corrected chi connectivity index (χ1v) is 11.1. The highest BCUT2D eigenvalue weighted by molar-refractivity contribution is 5.15. The van der Waals surface area contributed by atoms with E-state index in [1.165, 1.54) is 0 Å². The van der Waals surface area contributed by atoms with Gasteiger partial charge in [-0.15, -0.1) is 0 Å². The number of benzene rings is 3. The molecule has 1 aliphatic heterocycles. The SMILES string of the molecule is OC1O[C@H](COCc2ccccc2)[C@@H](OCc2ccccc2)[C@H](OCc2ccccc2)[C@@H]1O. The predicted octanol–water partition coefficient (Wildman–Crippen LogP) is 3.45. The van der Waals surface area contributed by atoms with Gasteiger partial charge < -0.3 is 29.2 Å². The Morgan fingerprint density at radius 2 is 1.06 bits per heavy atom. The van der Waals surface area contributed by atoms with E-state index >= 15 is 0 Å². The van der Waals surface area contributed by atoms with Crippen LogP contribution in [0.2, 0.25) is 0 Å². The fraction of sp³-hybridized carbons (Fsp3) is 0.333. The zero-order chi connectivity index (χ0) is 22.9. The van der Waals surface area contributed by atoms with Crippen molar-refractivity contribution < 1.29 is 29.2 Å². The van der Waals surface area contributed by atoms with Crippen molar-refractivity contribution in [1.82, 2.24) is 0 Å². The Bertz CT molecular complexity index is 937. The fourth-order valence-electron chi connectivity index (χ4n) is 3.84. The topological polar surface area (TPSA) is 77.4 Å². The van der Waals surface area contributed by atoms with E-state index in [9.17, 15) is 10.2 Å². The first-order valence-electron chi connectivity index (χ1n) is 11.1. The van der Waals surface area contributed by atoms with Gasteiger partial charge in [0.15, 0.2) is 6.29 Å². The summed E-state index contributed by atoms with van der Waals surface area (Å²) in [5, 5.41) is 21.1. The first kappa shape index (κ1) is 23.6. The number of aliphatic hydroxyl groups is 2. The predicted molar refractivity (Wildman–Crippen MR) is 123 cm³/mol. The van der Waals surface area contributed by atoms with Crippen molar-refractivity contribution in [3.05, 3.63) is 108 Å². The van der Waals surface area contributed by atoms with E-state index in [2.05, 4.69) is 0 Å². The molecule has 33 heavy (non-hydrogen) atoms. The minimum absolute atomic E-state index is 0.184. The molecule has 6 heteroatoms. The highest BCUT2D eigenvalue weighted by atomic mass is 16.7. The standard InChI is InChI=1S/C27H30O6/c28-24-26(32-18-22-14-8-3-9-15-22)25(31-17-21-12-6-2-7-13-21)23(33-27(24)29)19-30-16-20-10-4-1-5-11-20/h1-15,23-29H,16-19H2/t23-,24+,25-,26-,27?/m1/s1. The number of hydrogen-bond donors (Lipinski definition) is 2. The quantitative estimate of drug-likeness (QED) is 0.493. The second kappa shape index (κ2) is 12.0. The van der Waals surface area contributed by atoms with Crippen LogP contribution in [0.5, 0.6) is 0 Å². The molecule has 2 N–H and O–H groups in total. The van der Waals surface area contributed by atoms with Crippen LogP contribution in [0, 0.1) is 0 Å². The average Bonchev–Trinajstić information content (AvgIpc) is 2.86. The van der Waals surface area contributed by atoms with Crippen LogP contribution < -0.4 is 0 Å². The Morgan fingerprint density at radius 3 is 1.58 bits per heavy atom. The molecule has 4 rings (SSSR count). The Hall–Kier alpha value is -2.58. The van der Waals surface area contributed by atoms with Gasteiger partial charge >= 0.3 is 0 Å². The molecule has 0 aliphatic carbocycles. The van der Waals surface area contributed by atoms with Crippen molar-refractivity contribution in [3.8, 4) is 0 Å². The summed E-state index contributed by atoms with van der Waals surface area (Å²) in [6.07, 6.45) is -4.68. The second-order valence-electron chi connectivity index (χ2n) is 8.08. The lowest BCUT2D eigenvalue weighted by Crippen LogP contribution is -2.60. The molecule has 0 amide bonds. The summed E-state index contributed by atoms with van der Waals surface area (Å²) >= 11 is 0. The van der Waals surface area contributed by atoms with Crippen LogP contribution in [0.25, 0.3) is 0 Å². The van der Waals surface area contributed by atoms with Gasteiger partial charge in [-0.1, -0.05) is 91.0 Å². The molecular weight excluding hydrogens is 420 g/mol. The van der Waals surface area contributed by atoms with Gasteiger partial charge in [0, 0.05) is 0 Å². The molecule has 1 heterocycles. The van der Waals surface area contributed by atoms with Crippen LogP contribution in [0.15, 0.2) is 91.0 Å². The van der Waals surface area contributed by atoms with Crippen molar-refractivity contribution in [2.45, 2.75) is 50.5 Å². The molecule has 0 bridgehead atoms. The molecule has 3 aromatic rings. The summed E-state index contributed by atoms with van der Waals surface area (Å²) < 4.78 is 23.9. The minimum atomic E-state index is -1.40. The lowest BCUT2D eigenvalue weighted by Gasteiger charge is -2.42. The average molecular weight is 451 g/mol. The van der Waals surface area contributed by atoms with E-state index in [1.54, 1.807) is 0 Å². The Balaban J connectivity index is 1.46. The maximum Gasteiger partial charge on any atom is 0.184 e. The maximum absolute atomic E-state index is 10.7. The smallest absolute Gasteiger partial charge is 0.184 e. The number of ether oxygens (including phenoxy) is 4. The molecule has 5 atom stereocenters. The van der Waals surface area contributed by atoms with Crippen LogP contribution in [0.1, 0.15) is 16.7 Å². The molecule has 1 unspecified atom stereocenters.